The van der Waals surface area contributed by atoms with E-state index in [4.69, 9.17) is 0 Å². The van der Waals surface area contributed by atoms with Gasteiger partial charge in [-0.2, -0.15) is 0 Å². The second kappa shape index (κ2) is 7.40. The van der Waals surface area contributed by atoms with Gasteiger partial charge in [-0.15, -0.1) is 0 Å². The Morgan fingerprint density at radius 2 is 2.00 bits per heavy atom. The number of rotatable bonds is 6. The predicted molar refractivity (Wildman–Crippen MR) is 76.4 cm³/mol. The molecular weight excluding hydrogens is 278 g/mol. The first-order valence-electron chi connectivity index (χ1n) is 6.93. The topological polar surface area (TPSA) is 29.1 Å². The third kappa shape index (κ3) is 4.99. The summed E-state index contributed by atoms with van der Waals surface area (Å²) in [6.07, 6.45) is 8.13. The van der Waals surface area contributed by atoms with Crippen LogP contribution < -0.4 is 5.32 Å². The van der Waals surface area contributed by atoms with Crippen LogP contribution in [0.1, 0.15) is 58.8 Å². The van der Waals surface area contributed by atoms with E-state index in [1.54, 1.807) is 0 Å². The van der Waals surface area contributed by atoms with Crippen molar-refractivity contribution in [2.75, 3.05) is 11.9 Å². The summed E-state index contributed by atoms with van der Waals surface area (Å²) in [5, 5.41) is 4.17. The molecule has 0 aromatic rings. The molecule has 1 aliphatic carbocycles. The van der Waals surface area contributed by atoms with E-state index in [1.165, 1.54) is 25.7 Å². The fourth-order valence-corrected chi connectivity index (χ4v) is 2.83. The standard InChI is InChI=1S/C14H26BrNO/c1-12(11-15)7-6-10-16-13(17)14(2)8-4-3-5-9-14/h12H,3-11H2,1-2H3,(H,16,17). The van der Waals surface area contributed by atoms with Crippen LogP contribution in [0.5, 0.6) is 0 Å². The van der Waals surface area contributed by atoms with Crippen molar-refractivity contribution in [3.05, 3.63) is 0 Å². The number of amides is 1. The summed E-state index contributed by atoms with van der Waals surface area (Å²) in [6.45, 7) is 5.20. The number of nitrogens with one attached hydrogen (secondary N) is 1. The van der Waals surface area contributed by atoms with Gasteiger partial charge in [0.2, 0.25) is 5.91 Å². The van der Waals surface area contributed by atoms with E-state index in [-0.39, 0.29) is 11.3 Å². The fourth-order valence-electron chi connectivity index (χ4n) is 2.50. The summed E-state index contributed by atoms with van der Waals surface area (Å²) in [4.78, 5) is 12.1. The highest BCUT2D eigenvalue weighted by Crippen LogP contribution is 2.35. The number of carbonyl (C=O) groups is 1. The molecule has 0 aromatic heterocycles. The van der Waals surface area contributed by atoms with Gasteiger partial charge in [0, 0.05) is 17.3 Å². The van der Waals surface area contributed by atoms with Crippen LogP contribution in [0.4, 0.5) is 0 Å². The van der Waals surface area contributed by atoms with Crippen LogP contribution >= 0.6 is 15.9 Å². The molecule has 2 nitrogen and oxygen atoms in total. The summed E-state index contributed by atoms with van der Waals surface area (Å²) in [7, 11) is 0. The molecular formula is C14H26BrNO. The van der Waals surface area contributed by atoms with Gasteiger partial charge in [0.1, 0.15) is 0 Å². The lowest BCUT2D eigenvalue weighted by atomic mass is 9.75. The Hall–Kier alpha value is -0.0500. The highest BCUT2D eigenvalue weighted by molar-refractivity contribution is 9.09. The summed E-state index contributed by atoms with van der Waals surface area (Å²) < 4.78 is 0. The van der Waals surface area contributed by atoms with Crippen molar-refractivity contribution in [3.63, 3.8) is 0 Å². The van der Waals surface area contributed by atoms with E-state index in [9.17, 15) is 4.79 Å². The van der Waals surface area contributed by atoms with Crippen molar-refractivity contribution in [3.8, 4) is 0 Å². The Labute approximate surface area is 114 Å². The summed E-state index contributed by atoms with van der Waals surface area (Å²) in [5.74, 6) is 0.987. The predicted octanol–water partition coefficient (Wildman–Crippen LogP) is 3.88. The van der Waals surface area contributed by atoms with E-state index in [2.05, 4.69) is 35.1 Å². The second-order valence-corrected chi connectivity index (χ2v) is 6.43. The molecule has 0 bridgehead atoms. The smallest absolute Gasteiger partial charge is 0.225 e. The molecule has 0 aliphatic heterocycles. The Balaban J connectivity index is 2.20. The fraction of sp³-hybridized carbons (Fsp3) is 0.929. The Bertz CT molecular complexity index is 236. The van der Waals surface area contributed by atoms with Crippen LogP contribution in [0.25, 0.3) is 0 Å². The highest BCUT2D eigenvalue weighted by Gasteiger charge is 2.33. The Kier molecular flexibility index (Phi) is 6.53. The molecule has 0 radical (unpaired) electrons. The molecule has 17 heavy (non-hydrogen) atoms. The van der Waals surface area contributed by atoms with Crippen LogP contribution in [0.3, 0.4) is 0 Å². The van der Waals surface area contributed by atoms with Gasteiger partial charge >= 0.3 is 0 Å². The largest absolute Gasteiger partial charge is 0.356 e. The number of carbonyl (C=O) groups excluding carboxylic acids is 1. The molecule has 3 heteroatoms. The number of hydrogen-bond acceptors (Lipinski definition) is 1. The summed E-state index contributed by atoms with van der Waals surface area (Å²) in [5.41, 5.74) is -0.0840. The van der Waals surface area contributed by atoms with Crippen molar-refractivity contribution in [2.24, 2.45) is 11.3 Å². The molecule has 1 N–H and O–H groups in total. The first-order valence-corrected chi connectivity index (χ1v) is 8.05. The molecule has 100 valence electrons. The maximum Gasteiger partial charge on any atom is 0.225 e. The molecule has 1 saturated carbocycles. The summed E-state index contributed by atoms with van der Waals surface area (Å²) in [6, 6.07) is 0. The van der Waals surface area contributed by atoms with Crippen molar-refractivity contribution in [1.29, 1.82) is 0 Å². The first kappa shape index (κ1) is 15.0. The minimum absolute atomic E-state index is 0.0840. The Morgan fingerprint density at radius 1 is 1.35 bits per heavy atom. The molecule has 0 aromatic carbocycles. The molecule has 1 atom stereocenters. The number of hydrogen-bond donors (Lipinski definition) is 1. The molecule has 1 unspecified atom stereocenters. The van der Waals surface area contributed by atoms with Gasteiger partial charge in [-0.25, -0.2) is 0 Å². The lowest BCUT2D eigenvalue weighted by Crippen LogP contribution is -2.40. The van der Waals surface area contributed by atoms with Gasteiger partial charge in [-0.05, 0) is 31.6 Å². The van der Waals surface area contributed by atoms with E-state index in [0.29, 0.717) is 5.92 Å². The molecule has 1 amide bonds. The van der Waals surface area contributed by atoms with E-state index in [1.807, 2.05) is 0 Å². The normalized spacial score (nSPS) is 20.9. The monoisotopic (exact) mass is 303 g/mol. The Morgan fingerprint density at radius 3 is 2.59 bits per heavy atom. The zero-order chi connectivity index (χ0) is 12.7. The third-order valence-corrected chi connectivity index (χ3v) is 5.03. The zero-order valence-electron chi connectivity index (χ0n) is 11.2. The van der Waals surface area contributed by atoms with E-state index < -0.39 is 0 Å². The minimum atomic E-state index is -0.0840. The lowest BCUT2D eigenvalue weighted by molar-refractivity contribution is -0.131. The van der Waals surface area contributed by atoms with Crippen molar-refractivity contribution in [2.45, 2.75) is 58.8 Å². The second-order valence-electron chi connectivity index (χ2n) is 5.78. The van der Waals surface area contributed by atoms with E-state index in [0.717, 1.165) is 31.1 Å². The average Bonchev–Trinajstić information content (AvgIpc) is 2.34. The van der Waals surface area contributed by atoms with Gasteiger partial charge in [-0.1, -0.05) is 49.0 Å². The number of alkyl halides is 1. The van der Waals surface area contributed by atoms with Gasteiger partial charge in [0.15, 0.2) is 0 Å². The highest BCUT2D eigenvalue weighted by atomic mass is 79.9. The third-order valence-electron chi connectivity index (χ3n) is 3.93. The van der Waals surface area contributed by atoms with Gasteiger partial charge in [0.25, 0.3) is 0 Å². The molecule has 1 rings (SSSR count). The average molecular weight is 304 g/mol. The van der Waals surface area contributed by atoms with Crippen LogP contribution in [-0.2, 0) is 4.79 Å². The quantitative estimate of drug-likeness (QED) is 0.585. The maximum absolute atomic E-state index is 12.1. The molecule has 0 heterocycles. The first-order chi connectivity index (χ1) is 8.08. The van der Waals surface area contributed by atoms with Crippen LogP contribution in [-0.4, -0.2) is 17.8 Å². The SMILES string of the molecule is CC(CBr)CCCNC(=O)C1(C)CCCCC1. The van der Waals surface area contributed by atoms with Gasteiger partial charge in [-0.3, -0.25) is 4.79 Å². The maximum atomic E-state index is 12.1. The van der Waals surface area contributed by atoms with Gasteiger partial charge < -0.3 is 5.32 Å². The van der Waals surface area contributed by atoms with Crippen LogP contribution in [0.2, 0.25) is 0 Å². The molecule has 1 aliphatic rings. The molecule has 0 saturated heterocycles. The minimum Gasteiger partial charge on any atom is -0.356 e. The van der Waals surface area contributed by atoms with Gasteiger partial charge in [0.05, 0.1) is 0 Å². The van der Waals surface area contributed by atoms with Crippen LogP contribution in [0, 0.1) is 11.3 Å². The summed E-state index contributed by atoms with van der Waals surface area (Å²) >= 11 is 3.48. The van der Waals surface area contributed by atoms with Crippen molar-refractivity contribution >= 4 is 21.8 Å². The lowest BCUT2D eigenvalue weighted by Gasteiger charge is -2.32. The number of halogens is 1. The molecule has 0 spiro atoms. The zero-order valence-corrected chi connectivity index (χ0v) is 12.8. The van der Waals surface area contributed by atoms with Crippen LogP contribution in [0.15, 0.2) is 0 Å². The molecule has 1 fully saturated rings. The van der Waals surface area contributed by atoms with Crippen molar-refractivity contribution < 1.29 is 4.79 Å². The van der Waals surface area contributed by atoms with E-state index >= 15 is 0 Å². The van der Waals surface area contributed by atoms with Crippen molar-refractivity contribution in [1.82, 2.24) is 5.32 Å².